The molecule has 2 aliphatic heterocycles. The van der Waals surface area contributed by atoms with Crippen LogP contribution in [0.5, 0.6) is 5.75 Å². The number of thioether (sulfide) groups is 1. The minimum atomic E-state index is -1.97. The van der Waals surface area contributed by atoms with Gasteiger partial charge in [-0.2, -0.15) is 0 Å². The molecule has 3 aliphatic rings. The molecule has 0 bridgehead atoms. The second kappa shape index (κ2) is 20.1. The molecular formula is C44H59FN6O7S2. The lowest BCUT2D eigenvalue weighted by atomic mass is 9.85. The van der Waals surface area contributed by atoms with Crippen LogP contribution < -0.4 is 20.7 Å². The molecule has 6 rings (SSSR count). The highest BCUT2D eigenvalue weighted by Gasteiger charge is 2.53. The third-order valence-corrected chi connectivity index (χ3v) is 13.8. The van der Waals surface area contributed by atoms with Gasteiger partial charge in [0.15, 0.2) is 5.67 Å². The summed E-state index contributed by atoms with van der Waals surface area (Å²) in [6.07, 6.45) is 1.94. The molecule has 5 N–H and O–H groups in total. The number of carbonyl (C=O) groups is 4. The van der Waals surface area contributed by atoms with Crippen molar-refractivity contribution in [2.45, 2.75) is 114 Å². The number of likely N-dealkylation sites (tertiary alicyclic amines) is 2. The third-order valence-electron chi connectivity index (χ3n) is 11.7. The standard InChI is InChI=1S/C44H59FN6O7S2/c1-28-37(60-27-47-28)30-10-11-31(24-46-39(53)35-23-33(52)25-51(35)40(54)38(43(2,3)4)49-41(55)44(45)16-17-44)36(22-30)58-21-15-29-12-18-50(19-13-29)20-14-32(48-42(56)57)26-59-34-8-6-5-7-9-34/h5-11,22,27,29,32-33,35,38,48,52H,12-21,23-26H2,1-4H3,(H,46,53)(H,49,55)(H,56,57)/t32?,33-,35+,38?/m1/s1. The van der Waals surface area contributed by atoms with Gasteiger partial charge in [-0.25, -0.2) is 14.2 Å². The molecular weight excluding hydrogens is 808 g/mol. The molecule has 3 aromatic rings. The van der Waals surface area contributed by atoms with Crippen LogP contribution in [-0.4, -0.2) is 117 Å². The largest absolute Gasteiger partial charge is 0.493 e. The van der Waals surface area contributed by atoms with Gasteiger partial charge in [0.05, 0.1) is 28.8 Å². The van der Waals surface area contributed by atoms with Crippen molar-refractivity contribution < 1.29 is 38.5 Å². The van der Waals surface area contributed by atoms with Crippen molar-refractivity contribution in [3.05, 3.63) is 65.3 Å². The Bertz CT molecular complexity index is 1950. The van der Waals surface area contributed by atoms with E-state index in [1.807, 2.05) is 55.5 Å². The lowest BCUT2D eigenvalue weighted by Gasteiger charge is -2.35. The van der Waals surface area contributed by atoms with E-state index in [0.717, 1.165) is 71.9 Å². The van der Waals surface area contributed by atoms with E-state index in [9.17, 15) is 33.8 Å². The number of nitrogens with zero attached hydrogens (tertiary/aromatic N) is 3. The first-order valence-electron chi connectivity index (χ1n) is 20.9. The highest BCUT2D eigenvalue weighted by Crippen LogP contribution is 2.40. The maximum absolute atomic E-state index is 14.6. The van der Waals surface area contributed by atoms with Crippen LogP contribution in [0.3, 0.4) is 0 Å². The summed E-state index contributed by atoms with van der Waals surface area (Å²) in [6, 6.07) is 13.7. The van der Waals surface area contributed by atoms with Crippen molar-refractivity contribution >= 4 is 46.9 Å². The van der Waals surface area contributed by atoms with Crippen molar-refractivity contribution in [1.29, 1.82) is 0 Å². The van der Waals surface area contributed by atoms with Gasteiger partial charge in [-0.05, 0) is 93.6 Å². The quantitative estimate of drug-likeness (QED) is 0.0952. The van der Waals surface area contributed by atoms with Crippen molar-refractivity contribution in [3.63, 3.8) is 0 Å². The minimum absolute atomic E-state index is 0.0360. The van der Waals surface area contributed by atoms with E-state index in [1.165, 1.54) is 4.90 Å². The molecule has 60 heavy (non-hydrogen) atoms. The van der Waals surface area contributed by atoms with Crippen LogP contribution in [0.2, 0.25) is 0 Å². The molecule has 2 unspecified atom stereocenters. The number of rotatable bonds is 18. The third kappa shape index (κ3) is 12.2. The number of hydrogen-bond donors (Lipinski definition) is 5. The predicted octanol–water partition coefficient (Wildman–Crippen LogP) is 6.03. The number of alkyl halides is 1. The normalized spacial score (nSPS) is 20.3. The number of piperidine rings is 1. The fraction of sp³-hybridized carbons (Fsp3) is 0.568. The van der Waals surface area contributed by atoms with Gasteiger partial charge in [0.25, 0.3) is 5.91 Å². The number of carbonyl (C=O) groups excluding carboxylic acids is 3. The van der Waals surface area contributed by atoms with Gasteiger partial charge in [-0.3, -0.25) is 14.4 Å². The molecule has 0 spiro atoms. The van der Waals surface area contributed by atoms with Gasteiger partial charge in [-0.1, -0.05) is 51.1 Å². The van der Waals surface area contributed by atoms with Crippen LogP contribution >= 0.6 is 23.1 Å². The summed E-state index contributed by atoms with van der Waals surface area (Å²) in [6.45, 7) is 10.5. The molecule has 13 nitrogen and oxygen atoms in total. The number of hydrogen-bond acceptors (Lipinski definition) is 10. The molecule has 1 aliphatic carbocycles. The van der Waals surface area contributed by atoms with Crippen LogP contribution in [0.15, 0.2) is 58.9 Å². The Labute approximate surface area is 360 Å². The van der Waals surface area contributed by atoms with Crippen LogP contribution in [0.25, 0.3) is 10.4 Å². The molecule has 4 amide bonds. The fourth-order valence-electron chi connectivity index (χ4n) is 7.83. The Kier molecular flexibility index (Phi) is 15.2. The SMILES string of the molecule is Cc1ncsc1-c1ccc(CNC(=O)[C@@H]2C[C@@H](O)CN2C(=O)C(NC(=O)C2(F)CC2)C(C)(C)C)c(OCCC2CCN(CCC(CSc3ccccc3)NC(=O)O)CC2)c1. The number of carboxylic acid groups (broad SMARTS) is 1. The van der Waals surface area contributed by atoms with Crippen molar-refractivity contribution in [2.75, 3.05) is 38.5 Å². The summed E-state index contributed by atoms with van der Waals surface area (Å²) in [7, 11) is 0. The van der Waals surface area contributed by atoms with Crippen molar-refractivity contribution in [2.24, 2.45) is 11.3 Å². The first-order chi connectivity index (χ1) is 28.6. The van der Waals surface area contributed by atoms with E-state index in [1.54, 1.807) is 49.4 Å². The number of aliphatic hydroxyl groups excluding tert-OH is 1. The minimum Gasteiger partial charge on any atom is -0.493 e. The van der Waals surface area contributed by atoms with Gasteiger partial charge in [0.1, 0.15) is 17.8 Å². The number of halogens is 1. The summed E-state index contributed by atoms with van der Waals surface area (Å²) in [5.41, 5.74) is 1.69. The van der Waals surface area contributed by atoms with Gasteiger partial charge in [-0.15, -0.1) is 23.1 Å². The lowest BCUT2D eigenvalue weighted by molar-refractivity contribution is -0.145. The van der Waals surface area contributed by atoms with Crippen LogP contribution in [0.4, 0.5) is 9.18 Å². The van der Waals surface area contributed by atoms with Crippen LogP contribution in [0.1, 0.15) is 77.0 Å². The molecule has 326 valence electrons. The monoisotopic (exact) mass is 866 g/mol. The molecule has 2 saturated heterocycles. The Morgan fingerprint density at radius 3 is 2.47 bits per heavy atom. The average molecular weight is 867 g/mol. The number of aromatic nitrogens is 1. The second-order valence-electron chi connectivity index (χ2n) is 17.4. The Morgan fingerprint density at radius 1 is 1.08 bits per heavy atom. The van der Waals surface area contributed by atoms with Gasteiger partial charge < -0.3 is 40.7 Å². The van der Waals surface area contributed by atoms with Gasteiger partial charge in [0, 0.05) is 48.3 Å². The number of β-amino-alcohol motifs (C(OH)–C–C–N with tert-alkyl or cyclic N) is 1. The fourth-order valence-corrected chi connectivity index (χ4v) is 9.63. The average Bonchev–Trinajstić information content (AvgIpc) is 3.62. The first kappa shape index (κ1) is 45.3. The molecule has 2 aromatic carbocycles. The van der Waals surface area contributed by atoms with Crippen molar-refractivity contribution in [1.82, 2.24) is 30.7 Å². The Balaban J connectivity index is 1.03. The molecule has 16 heteroatoms. The topological polar surface area (TPSA) is 173 Å². The highest BCUT2D eigenvalue weighted by atomic mass is 32.2. The van der Waals surface area contributed by atoms with E-state index in [2.05, 4.69) is 25.8 Å². The molecule has 3 heterocycles. The molecule has 0 radical (unpaired) electrons. The maximum Gasteiger partial charge on any atom is 0.404 e. The van der Waals surface area contributed by atoms with Crippen LogP contribution in [-0.2, 0) is 20.9 Å². The molecule has 1 aromatic heterocycles. The zero-order valence-electron chi connectivity index (χ0n) is 35.0. The van der Waals surface area contributed by atoms with Gasteiger partial charge >= 0.3 is 6.09 Å². The lowest BCUT2D eigenvalue weighted by Crippen LogP contribution is -2.59. The molecule has 4 atom stereocenters. The Hall–Kier alpha value is -4.25. The number of aryl methyl sites for hydroxylation is 1. The van der Waals surface area contributed by atoms with E-state index in [4.69, 9.17) is 4.74 Å². The number of aliphatic hydroxyl groups is 1. The summed E-state index contributed by atoms with van der Waals surface area (Å²) in [4.78, 5) is 62.1. The van der Waals surface area contributed by atoms with Crippen LogP contribution in [0, 0.1) is 18.3 Å². The summed E-state index contributed by atoms with van der Waals surface area (Å²) < 4.78 is 21.1. The van der Waals surface area contributed by atoms with Crippen molar-refractivity contribution in [3.8, 4) is 16.2 Å². The zero-order valence-corrected chi connectivity index (χ0v) is 36.6. The number of amides is 4. The van der Waals surface area contributed by atoms with E-state index < -0.39 is 53.1 Å². The zero-order chi connectivity index (χ0) is 43.0. The van der Waals surface area contributed by atoms with Gasteiger partial charge in [0.2, 0.25) is 11.8 Å². The molecule has 3 fully saturated rings. The Morgan fingerprint density at radius 2 is 1.82 bits per heavy atom. The number of nitrogens with one attached hydrogen (secondary N) is 3. The highest BCUT2D eigenvalue weighted by molar-refractivity contribution is 7.99. The predicted molar refractivity (Wildman–Crippen MR) is 231 cm³/mol. The summed E-state index contributed by atoms with van der Waals surface area (Å²) in [5, 5.41) is 28.3. The van der Waals surface area contributed by atoms with E-state index >= 15 is 0 Å². The van der Waals surface area contributed by atoms with E-state index in [0.29, 0.717) is 24.0 Å². The maximum atomic E-state index is 14.6. The second-order valence-corrected chi connectivity index (χ2v) is 19.4. The molecule has 1 saturated carbocycles. The summed E-state index contributed by atoms with van der Waals surface area (Å²) in [5.74, 6) is -0.0213. The smallest absolute Gasteiger partial charge is 0.404 e. The number of ether oxygens (including phenoxy) is 1. The number of thiazole rings is 1. The first-order valence-corrected chi connectivity index (χ1v) is 22.8. The summed E-state index contributed by atoms with van der Waals surface area (Å²) >= 11 is 3.20. The number of benzene rings is 2. The van der Waals surface area contributed by atoms with E-state index in [-0.39, 0.29) is 38.4 Å².